The highest BCUT2D eigenvalue weighted by molar-refractivity contribution is 6.02. The monoisotopic (exact) mass is 262 g/mol. The second kappa shape index (κ2) is 4.85. The van der Waals surface area contributed by atoms with Gasteiger partial charge in [0.25, 0.3) is 0 Å². The lowest BCUT2D eigenvalue weighted by atomic mass is 9.79. The number of hydrogen-bond donors (Lipinski definition) is 1. The Balaban J connectivity index is 1.87. The van der Waals surface area contributed by atoms with Crippen LogP contribution in [0.25, 0.3) is 0 Å². The summed E-state index contributed by atoms with van der Waals surface area (Å²) in [7, 11) is 0. The summed E-state index contributed by atoms with van der Waals surface area (Å²) in [4.78, 5) is 12.5. The number of aliphatic hydroxyl groups is 1. The van der Waals surface area contributed by atoms with Crippen molar-refractivity contribution in [2.75, 3.05) is 13.2 Å². The fourth-order valence-electron chi connectivity index (χ4n) is 2.82. The summed E-state index contributed by atoms with van der Waals surface area (Å²) in [6, 6.07) is 5.14. The highest BCUT2D eigenvalue weighted by atomic mass is 16.6. The molecule has 2 aliphatic rings. The minimum Gasteiger partial charge on any atom is -0.486 e. The molecule has 0 spiro atoms. The zero-order chi connectivity index (χ0) is 13.3. The number of fused-ring (bicyclic) bond motifs is 1. The Bertz CT molecular complexity index is 489. The summed E-state index contributed by atoms with van der Waals surface area (Å²) in [6.07, 6.45) is 4.02. The van der Waals surface area contributed by atoms with Gasteiger partial charge in [-0.25, -0.2) is 0 Å². The number of benzene rings is 1. The van der Waals surface area contributed by atoms with Crippen molar-refractivity contribution in [2.24, 2.45) is 0 Å². The first-order chi connectivity index (χ1) is 9.19. The average Bonchev–Trinajstić information content (AvgIpc) is 2.47. The van der Waals surface area contributed by atoms with Gasteiger partial charge in [0.15, 0.2) is 17.3 Å². The van der Waals surface area contributed by atoms with E-state index in [1.165, 1.54) is 0 Å². The van der Waals surface area contributed by atoms with E-state index < -0.39 is 5.60 Å². The molecule has 0 saturated heterocycles. The number of ketones is 1. The number of ether oxygens (including phenoxy) is 2. The third-order valence-electron chi connectivity index (χ3n) is 3.91. The average molecular weight is 262 g/mol. The van der Waals surface area contributed by atoms with Crippen LogP contribution in [-0.2, 0) is 0 Å². The van der Waals surface area contributed by atoms with E-state index in [1.54, 1.807) is 18.2 Å². The molecule has 1 saturated carbocycles. The van der Waals surface area contributed by atoms with E-state index in [0.29, 0.717) is 43.1 Å². The van der Waals surface area contributed by atoms with Crippen molar-refractivity contribution in [2.45, 2.75) is 37.7 Å². The molecule has 1 aliphatic carbocycles. The Hall–Kier alpha value is -1.55. The van der Waals surface area contributed by atoms with Gasteiger partial charge >= 0.3 is 0 Å². The van der Waals surface area contributed by atoms with E-state index in [1.807, 2.05) is 0 Å². The van der Waals surface area contributed by atoms with Gasteiger partial charge in [0, 0.05) is 5.56 Å². The molecule has 4 nitrogen and oxygen atoms in total. The van der Waals surface area contributed by atoms with Crippen LogP contribution in [0.3, 0.4) is 0 Å². The minimum atomic E-state index is -1.19. The molecule has 0 radical (unpaired) electrons. The summed E-state index contributed by atoms with van der Waals surface area (Å²) < 4.78 is 10.9. The summed E-state index contributed by atoms with van der Waals surface area (Å²) in [5.74, 6) is 1.07. The number of rotatable bonds is 2. The fraction of sp³-hybridized carbons (Fsp3) is 0.533. The second-order valence-corrected chi connectivity index (χ2v) is 5.28. The van der Waals surface area contributed by atoms with Crippen LogP contribution in [0.1, 0.15) is 42.5 Å². The molecule has 0 amide bonds. The Morgan fingerprint density at radius 2 is 1.74 bits per heavy atom. The molecule has 0 bridgehead atoms. The van der Waals surface area contributed by atoms with Crippen molar-refractivity contribution >= 4 is 5.78 Å². The largest absolute Gasteiger partial charge is 0.486 e. The summed E-state index contributed by atoms with van der Waals surface area (Å²) in [6.45, 7) is 1.03. The lowest BCUT2D eigenvalue weighted by Crippen LogP contribution is -2.40. The minimum absolute atomic E-state index is 0.191. The van der Waals surface area contributed by atoms with Gasteiger partial charge in [0.2, 0.25) is 0 Å². The Morgan fingerprint density at radius 3 is 2.47 bits per heavy atom. The highest BCUT2D eigenvalue weighted by Crippen LogP contribution is 2.35. The topological polar surface area (TPSA) is 55.8 Å². The third-order valence-corrected chi connectivity index (χ3v) is 3.91. The molecule has 1 N–H and O–H groups in total. The first-order valence-corrected chi connectivity index (χ1v) is 6.86. The van der Waals surface area contributed by atoms with Gasteiger partial charge in [-0.15, -0.1) is 0 Å². The molecule has 1 aliphatic heterocycles. The zero-order valence-corrected chi connectivity index (χ0v) is 10.9. The van der Waals surface area contributed by atoms with E-state index >= 15 is 0 Å². The Morgan fingerprint density at radius 1 is 1.05 bits per heavy atom. The first-order valence-electron chi connectivity index (χ1n) is 6.86. The van der Waals surface area contributed by atoms with E-state index in [4.69, 9.17) is 9.47 Å². The normalized spacial score (nSPS) is 20.9. The zero-order valence-electron chi connectivity index (χ0n) is 10.9. The standard InChI is InChI=1S/C15H18O4/c16-14(15(17)6-2-1-3-7-15)11-4-5-12-13(10-11)19-9-8-18-12/h4-5,10,17H,1-3,6-9H2. The van der Waals surface area contributed by atoms with Crippen LogP contribution < -0.4 is 9.47 Å². The van der Waals surface area contributed by atoms with E-state index in [-0.39, 0.29) is 5.78 Å². The Labute approximate surface area is 112 Å². The molecular formula is C15H18O4. The maximum atomic E-state index is 12.5. The molecule has 0 aromatic heterocycles. The van der Waals surface area contributed by atoms with Gasteiger partial charge in [-0.2, -0.15) is 0 Å². The fourth-order valence-corrected chi connectivity index (χ4v) is 2.82. The summed E-state index contributed by atoms with van der Waals surface area (Å²) in [5.41, 5.74) is -0.684. The van der Waals surface area contributed by atoms with Crippen molar-refractivity contribution in [1.29, 1.82) is 0 Å². The second-order valence-electron chi connectivity index (χ2n) is 5.28. The Kier molecular flexibility index (Phi) is 3.19. The molecule has 4 heteroatoms. The number of hydrogen-bond acceptors (Lipinski definition) is 4. The van der Waals surface area contributed by atoms with Crippen LogP contribution in [0.4, 0.5) is 0 Å². The molecule has 0 unspecified atom stereocenters. The molecule has 1 aromatic rings. The van der Waals surface area contributed by atoms with Crippen LogP contribution in [0, 0.1) is 0 Å². The highest BCUT2D eigenvalue weighted by Gasteiger charge is 2.37. The van der Waals surface area contributed by atoms with E-state index in [2.05, 4.69) is 0 Å². The van der Waals surface area contributed by atoms with Crippen molar-refractivity contribution in [3.8, 4) is 11.5 Å². The van der Waals surface area contributed by atoms with Gasteiger partial charge in [-0.05, 0) is 31.0 Å². The molecule has 1 fully saturated rings. The van der Waals surface area contributed by atoms with Gasteiger partial charge < -0.3 is 14.6 Å². The van der Waals surface area contributed by atoms with Crippen LogP contribution in [0.5, 0.6) is 11.5 Å². The van der Waals surface area contributed by atoms with E-state index in [0.717, 1.165) is 19.3 Å². The lowest BCUT2D eigenvalue weighted by Gasteiger charge is -2.30. The van der Waals surface area contributed by atoms with Gasteiger partial charge in [0.05, 0.1) is 0 Å². The quantitative estimate of drug-likeness (QED) is 0.831. The molecule has 1 aromatic carbocycles. The number of carbonyl (C=O) groups is 1. The molecule has 19 heavy (non-hydrogen) atoms. The predicted octanol–water partition coefficient (Wildman–Crippen LogP) is 2.34. The molecule has 0 atom stereocenters. The predicted molar refractivity (Wildman–Crippen MR) is 69.8 cm³/mol. The maximum Gasteiger partial charge on any atom is 0.194 e. The van der Waals surface area contributed by atoms with Crippen molar-refractivity contribution < 1.29 is 19.4 Å². The van der Waals surface area contributed by atoms with Crippen LogP contribution in [0.2, 0.25) is 0 Å². The lowest BCUT2D eigenvalue weighted by molar-refractivity contribution is 0.0116. The van der Waals surface area contributed by atoms with Crippen molar-refractivity contribution in [3.63, 3.8) is 0 Å². The smallest absolute Gasteiger partial charge is 0.194 e. The van der Waals surface area contributed by atoms with Gasteiger partial charge in [0.1, 0.15) is 18.8 Å². The van der Waals surface area contributed by atoms with Crippen molar-refractivity contribution in [1.82, 2.24) is 0 Å². The number of carbonyl (C=O) groups excluding carboxylic acids is 1. The van der Waals surface area contributed by atoms with Gasteiger partial charge in [-0.3, -0.25) is 4.79 Å². The SMILES string of the molecule is O=C(c1ccc2c(c1)OCCO2)C1(O)CCCCC1. The van der Waals surface area contributed by atoms with Gasteiger partial charge in [-0.1, -0.05) is 19.3 Å². The summed E-state index contributed by atoms with van der Waals surface area (Å²) >= 11 is 0. The van der Waals surface area contributed by atoms with Crippen LogP contribution in [0.15, 0.2) is 18.2 Å². The van der Waals surface area contributed by atoms with Crippen LogP contribution >= 0.6 is 0 Å². The third kappa shape index (κ3) is 2.32. The maximum absolute atomic E-state index is 12.5. The molecule has 102 valence electrons. The first kappa shape index (κ1) is 12.5. The number of Topliss-reactive ketones (excluding diaryl/α,β-unsaturated/α-hetero) is 1. The molecule has 1 heterocycles. The van der Waals surface area contributed by atoms with Crippen molar-refractivity contribution in [3.05, 3.63) is 23.8 Å². The van der Waals surface area contributed by atoms with Crippen LogP contribution in [-0.4, -0.2) is 29.7 Å². The molecular weight excluding hydrogens is 244 g/mol. The summed E-state index contributed by atoms with van der Waals surface area (Å²) in [5, 5.41) is 10.5. The molecule has 3 rings (SSSR count). The van der Waals surface area contributed by atoms with E-state index in [9.17, 15) is 9.90 Å².